The minimum Gasteiger partial charge on any atom is -0.310 e. The predicted molar refractivity (Wildman–Crippen MR) is 82.8 cm³/mol. The first-order valence-corrected chi connectivity index (χ1v) is 7.45. The Morgan fingerprint density at radius 1 is 1.20 bits per heavy atom. The van der Waals surface area contributed by atoms with Crippen molar-refractivity contribution >= 4 is 22.9 Å². The number of nitrogens with one attached hydrogen (secondary N) is 1. The van der Waals surface area contributed by atoms with Crippen molar-refractivity contribution in [3.8, 4) is 0 Å². The van der Waals surface area contributed by atoms with Gasteiger partial charge in [-0.1, -0.05) is 44.7 Å². The number of carbonyl (C=O) groups excluding carboxylic acids is 1. The van der Waals surface area contributed by atoms with Crippen LogP contribution >= 0.6 is 0 Å². The van der Waals surface area contributed by atoms with E-state index in [0.29, 0.717) is 5.95 Å². The number of fused-ring (bicyclic) bond motifs is 1. The summed E-state index contributed by atoms with van der Waals surface area (Å²) in [6, 6.07) is 8.02. The summed E-state index contributed by atoms with van der Waals surface area (Å²) >= 11 is 0. The van der Waals surface area contributed by atoms with E-state index in [0.717, 1.165) is 24.0 Å². The fourth-order valence-corrected chi connectivity index (χ4v) is 2.43. The van der Waals surface area contributed by atoms with Gasteiger partial charge in [0.15, 0.2) is 0 Å². The lowest BCUT2D eigenvalue weighted by Gasteiger charge is -2.09. The van der Waals surface area contributed by atoms with Gasteiger partial charge in [0.2, 0.25) is 11.9 Å². The molecule has 2 rings (SSSR count). The number of imidazole rings is 1. The molecule has 0 atom stereocenters. The Morgan fingerprint density at radius 2 is 1.95 bits per heavy atom. The van der Waals surface area contributed by atoms with Gasteiger partial charge in [-0.15, -0.1) is 0 Å². The molecule has 1 amide bonds. The third-order valence-electron chi connectivity index (χ3n) is 3.43. The van der Waals surface area contributed by atoms with Crippen molar-refractivity contribution in [1.29, 1.82) is 0 Å². The molecule has 1 aromatic carbocycles. The van der Waals surface area contributed by atoms with Gasteiger partial charge in [0, 0.05) is 13.5 Å². The standard InChI is InChI=1S/C16H23N3O/c1-3-4-5-6-9-12-19-15-11-8-7-10-14(15)18-16(19)17-13(2)20/h7-8,10-11H,3-6,9,12H2,1-2H3,(H,17,18,20). The van der Waals surface area contributed by atoms with Crippen LogP contribution in [0.1, 0.15) is 46.0 Å². The molecule has 1 aromatic heterocycles. The summed E-state index contributed by atoms with van der Waals surface area (Å²) in [5.41, 5.74) is 2.02. The number of para-hydroxylation sites is 2. The summed E-state index contributed by atoms with van der Waals surface area (Å²) in [5.74, 6) is 0.585. The van der Waals surface area contributed by atoms with Crippen molar-refractivity contribution < 1.29 is 4.79 Å². The molecule has 0 unspecified atom stereocenters. The summed E-state index contributed by atoms with van der Waals surface area (Å²) in [4.78, 5) is 15.8. The molecule has 0 aliphatic carbocycles. The third kappa shape index (κ3) is 3.59. The van der Waals surface area contributed by atoms with E-state index in [1.807, 2.05) is 18.2 Å². The molecular formula is C16H23N3O. The maximum atomic E-state index is 11.3. The Morgan fingerprint density at radius 3 is 2.70 bits per heavy atom. The molecule has 20 heavy (non-hydrogen) atoms. The first-order chi connectivity index (χ1) is 9.72. The van der Waals surface area contributed by atoms with Crippen molar-refractivity contribution in [2.45, 2.75) is 52.5 Å². The van der Waals surface area contributed by atoms with Crippen LogP contribution in [-0.4, -0.2) is 15.5 Å². The zero-order valence-corrected chi connectivity index (χ0v) is 12.4. The molecule has 0 saturated heterocycles. The number of nitrogens with zero attached hydrogens (tertiary/aromatic N) is 2. The number of benzene rings is 1. The number of hydrogen-bond donors (Lipinski definition) is 1. The van der Waals surface area contributed by atoms with Crippen LogP contribution in [0.5, 0.6) is 0 Å². The second kappa shape index (κ2) is 7.08. The average molecular weight is 273 g/mol. The van der Waals surface area contributed by atoms with Gasteiger partial charge in [-0.3, -0.25) is 10.1 Å². The van der Waals surface area contributed by atoms with Crippen LogP contribution in [0, 0.1) is 0 Å². The Kier molecular flexibility index (Phi) is 5.16. The Labute approximate surface area is 120 Å². The van der Waals surface area contributed by atoms with Crippen molar-refractivity contribution in [2.24, 2.45) is 0 Å². The van der Waals surface area contributed by atoms with Crippen LogP contribution in [0.25, 0.3) is 11.0 Å². The molecule has 0 spiro atoms. The second-order valence-electron chi connectivity index (χ2n) is 5.17. The number of amides is 1. The van der Waals surface area contributed by atoms with Crippen molar-refractivity contribution in [1.82, 2.24) is 9.55 Å². The zero-order valence-electron chi connectivity index (χ0n) is 12.4. The summed E-state index contributed by atoms with van der Waals surface area (Å²) in [7, 11) is 0. The van der Waals surface area contributed by atoms with Gasteiger partial charge < -0.3 is 4.57 Å². The highest BCUT2D eigenvalue weighted by molar-refractivity contribution is 5.89. The third-order valence-corrected chi connectivity index (χ3v) is 3.43. The van der Waals surface area contributed by atoms with Crippen LogP contribution in [0.2, 0.25) is 0 Å². The van der Waals surface area contributed by atoms with E-state index in [1.165, 1.54) is 32.6 Å². The smallest absolute Gasteiger partial charge is 0.223 e. The molecule has 4 heteroatoms. The average Bonchev–Trinajstić information content (AvgIpc) is 2.75. The number of carbonyl (C=O) groups is 1. The fourth-order valence-electron chi connectivity index (χ4n) is 2.43. The van der Waals surface area contributed by atoms with Crippen LogP contribution in [0.3, 0.4) is 0 Å². The quantitative estimate of drug-likeness (QED) is 0.776. The first-order valence-electron chi connectivity index (χ1n) is 7.45. The highest BCUT2D eigenvalue weighted by Crippen LogP contribution is 2.20. The molecule has 2 aromatic rings. The molecule has 0 aliphatic heterocycles. The minimum atomic E-state index is -0.0764. The summed E-state index contributed by atoms with van der Waals surface area (Å²) in [6.07, 6.45) is 6.17. The molecule has 0 saturated carbocycles. The van der Waals surface area contributed by atoms with Crippen LogP contribution in [0.15, 0.2) is 24.3 Å². The van der Waals surface area contributed by atoms with E-state index in [1.54, 1.807) is 0 Å². The van der Waals surface area contributed by atoms with Crippen molar-refractivity contribution in [2.75, 3.05) is 5.32 Å². The molecule has 0 aliphatic rings. The lowest BCUT2D eigenvalue weighted by Crippen LogP contribution is -2.12. The van der Waals surface area contributed by atoms with Gasteiger partial charge in [-0.25, -0.2) is 4.98 Å². The fraction of sp³-hybridized carbons (Fsp3) is 0.500. The Balaban J connectivity index is 2.13. The molecule has 108 valence electrons. The van der Waals surface area contributed by atoms with Gasteiger partial charge in [-0.2, -0.15) is 0 Å². The SMILES string of the molecule is CCCCCCCn1c(NC(C)=O)nc2ccccc21. The number of aryl methyl sites for hydroxylation is 1. The maximum absolute atomic E-state index is 11.3. The van der Waals surface area contributed by atoms with E-state index >= 15 is 0 Å². The monoisotopic (exact) mass is 273 g/mol. The summed E-state index contributed by atoms with van der Waals surface area (Å²) in [6.45, 7) is 4.64. The summed E-state index contributed by atoms with van der Waals surface area (Å²) in [5, 5.41) is 2.83. The normalized spacial score (nSPS) is 10.9. The number of hydrogen-bond acceptors (Lipinski definition) is 2. The van der Waals surface area contributed by atoms with E-state index < -0.39 is 0 Å². The molecule has 4 nitrogen and oxygen atoms in total. The molecule has 1 heterocycles. The van der Waals surface area contributed by atoms with Crippen LogP contribution in [0.4, 0.5) is 5.95 Å². The van der Waals surface area contributed by atoms with Gasteiger partial charge in [0.25, 0.3) is 0 Å². The zero-order chi connectivity index (χ0) is 14.4. The van der Waals surface area contributed by atoms with Crippen LogP contribution < -0.4 is 5.32 Å². The molecule has 0 fully saturated rings. The molecular weight excluding hydrogens is 250 g/mol. The largest absolute Gasteiger partial charge is 0.310 e. The molecule has 0 radical (unpaired) electrons. The van der Waals surface area contributed by atoms with Gasteiger partial charge in [-0.05, 0) is 18.6 Å². The lowest BCUT2D eigenvalue weighted by molar-refractivity contribution is -0.114. The highest BCUT2D eigenvalue weighted by Gasteiger charge is 2.10. The summed E-state index contributed by atoms with van der Waals surface area (Å²) < 4.78 is 2.11. The Bertz CT molecular complexity index is 574. The Hall–Kier alpha value is -1.84. The maximum Gasteiger partial charge on any atom is 0.223 e. The van der Waals surface area contributed by atoms with Crippen molar-refractivity contribution in [3.63, 3.8) is 0 Å². The van der Waals surface area contributed by atoms with Gasteiger partial charge in [0.1, 0.15) is 0 Å². The van der Waals surface area contributed by atoms with E-state index in [2.05, 4.69) is 27.9 Å². The number of rotatable bonds is 7. The highest BCUT2D eigenvalue weighted by atomic mass is 16.1. The van der Waals surface area contributed by atoms with Gasteiger partial charge in [0.05, 0.1) is 11.0 Å². The van der Waals surface area contributed by atoms with Crippen molar-refractivity contribution in [3.05, 3.63) is 24.3 Å². The topological polar surface area (TPSA) is 46.9 Å². The predicted octanol–water partition coefficient (Wildman–Crippen LogP) is 3.97. The number of anilines is 1. The van der Waals surface area contributed by atoms with Gasteiger partial charge >= 0.3 is 0 Å². The number of aromatic nitrogens is 2. The number of unbranched alkanes of at least 4 members (excludes halogenated alkanes) is 4. The molecule has 1 N–H and O–H groups in total. The second-order valence-corrected chi connectivity index (χ2v) is 5.17. The lowest BCUT2D eigenvalue weighted by atomic mass is 10.1. The van der Waals surface area contributed by atoms with Crippen LogP contribution in [-0.2, 0) is 11.3 Å². The van der Waals surface area contributed by atoms with E-state index in [-0.39, 0.29) is 5.91 Å². The van der Waals surface area contributed by atoms with E-state index in [9.17, 15) is 4.79 Å². The molecule has 0 bridgehead atoms. The first kappa shape index (κ1) is 14.6. The van der Waals surface area contributed by atoms with E-state index in [4.69, 9.17) is 0 Å². The minimum absolute atomic E-state index is 0.0764.